The van der Waals surface area contributed by atoms with Gasteiger partial charge in [0.25, 0.3) is 5.88 Å². The van der Waals surface area contributed by atoms with Crippen molar-refractivity contribution in [3.05, 3.63) is 47.2 Å². The van der Waals surface area contributed by atoms with Crippen LogP contribution in [0.15, 0.2) is 29.4 Å². The summed E-state index contributed by atoms with van der Waals surface area (Å²) in [6.07, 6.45) is -0.450. The van der Waals surface area contributed by atoms with E-state index in [-0.39, 0.29) is 41.3 Å². The Balaban J connectivity index is 1.80. The van der Waals surface area contributed by atoms with E-state index >= 15 is 8.78 Å². The molecule has 0 aliphatic carbocycles. The maximum Gasteiger partial charge on any atom is 0.427 e. The fourth-order valence-electron chi connectivity index (χ4n) is 4.44. The Morgan fingerprint density at radius 2 is 1.74 bits per heavy atom. The van der Waals surface area contributed by atoms with Crippen LogP contribution in [0.3, 0.4) is 0 Å². The molecule has 4 rings (SSSR count). The van der Waals surface area contributed by atoms with Crippen molar-refractivity contribution in [1.29, 1.82) is 0 Å². The maximum absolute atomic E-state index is 15.5. The zero-order valence-electron chi connectivity index (χ0n) is 27.0. The lowest BCUT2D eigenvalue weighted by molar-refractivity contribution is 0.0133. The molecule has 0 spiro atoms. The average Bonchev–Trinajstić information content (AvgIpc) is 2.90. The number of amides is 2. The van der Waals surface area contributed by atoms with Crippen LogP contribution >= 0.6 is 0 Å². The first kappa shape index (κ1) is 34.5. The second kappa shape index (κ2) is 12.1. The number of carbonyl (C=O) groups excluding carboxylic acids is 2. The van der Waals surface area contributed by atoms with Gasteiger partial charge in [-0.3, -0.25) is 0 Å². The summed E-state index contributed by atoms with van der Waals surface area (Å²) in [4.78, 5) is 39.5. The average molecular weight is 666 g/mol. The van der Waals surface area contributed by atoms with E-state index in [1.165, 1.54) is 25.3 Å². The SMILES string of the molecule is C[C@@H]1COc2nc(/C(F)=C/c3ccc(F)c([C@]4(C)CS(=O)(=O)N(C)C(N(C(=O)OC(C)(C)C)C(=O)OC(C)(C)C)=N4)c3)ncc2O1. The van der Waals surface area contributed by atoms with Crippen molar-refractivity contribution in [2.45, 2.75) is 78.2 Å². The minimum absolute atomic E-state index is 0.0666. The van der Waals surface area contributed by atoms with Crippen LogP contribution in [0.4, 0.5) is 18.4 Å². The minimum atomic E-state index is -4.33. The third-order valence-corrected chi connectivity index (χ3v) is 8.37. The molecule has 250 valence electrons. The van der Waals surface area contributed by atoms with Gasteiger partial charge >= 0.3 is 12.2 Å². The molecule has 1 aromatic heterocycles. The van der Waals surface area contributed by atoms with Crippen molar-refractivity contribution in [1.82, 2.24) is 19.2 Å². The van der Waals surface area contributed by atoms with E-state index < -0.39 is 62.3 Å². The topological polar surface area (TPSA) is 150 Å². The molecule has 0 bridgehead atoms. The molecule has 2 atom stereocenters. The second-order valence-electron chi connectivity index (χ2n) is 13.0. The highest BCUT2D eigenvalue weighted by Crippen LogP contribution is 2.37. The first-order valence-corrected chi connectivity index (χ1v) is 15.9. The summed E-state index contributed by atoms with van der Waals surface area (Å²) in [7, 11) is -3.24. The third kappa shape index (κ3) is 7.71. The number of aromatic nitrogens is 2. The van der Waals surface area contributed by atoms with Crippen LogP contribution in [0.1, 0.15) is 72.3 Å². The highest BCUT2D eigenvalue weighted by molar-refractivity contribution is 7.89. The van der Waals surface area contributed by atoms with Gasteiger partial charge in [-0.2, -0.15) is 4.98 Å². The molecule has 0 radical (unpaired) electrons. The van der Waals surface area contributed by atoms with Crippen LogP contribution in [-0.4, -0.2) is 82.5 Å². The summed E-state index contributed by atoms with van der Waals surface area (Å²) in [6, 6.07) is 3.50. The quantitative estimate of drug-likeness (QED) is 0.425. The molecule has 0 saturated heterocycles. The Labute approximate surface area is 266 Å². The summed E-state index contributed by atoms with van der Waals surface area (Å²) >= 11 is 0. The molecule has 2 aliphatic rings. The Morgan fingerprint density at radius 1 is 1.13 bits per heavy atom. The molecular weight excluding hydrogens is 628 g/mol. The van der Waals surface area contributed by atoms with Gasteiger partial charge in [-0.05, 0) is 79.2 Å². The molecule has 2 amide bonds. The van der Waals surface area contributed by atoms with Crippen LogP contribution in [0.25, 0.3) is 11.9 Å². The number of benzene rings is 1. The van der Waals surface area contributed by atoms with Gasteiger partial charge in [-0.25, -0.2) is 41.1 Å². The van der Waals surface area contributed by atoms with Crippen LogP contribution in [0.5, 0.6) is 11.6 Å². The van der Waals surface area contributed by atoms with Gasteiger partial charge in [0.15, 0.2) is 17.4 Å². The Hall–Kier alpha value is -4.34. The molecule has 13 nitrogen and oxygen atoms in total. The van der Waals surface area contributed by atoms with E-state index in [9.17, 15) is 18.0 Å². The number of fused-ring (bicyclic) bond motifs is 1. The largest absolute Gasteiger partial charge is 0.480 e. The molecule has 0 saturated carbocycles. The number of hydrogen-bond donors (Lipinski definition) is 0. The van der Waals surface area contributed by atoms with E-state index in [0.29, 0.717) is 9.21 Å². The summed E-state index contributed by atoms with van der Waals surface area (Å²) in [5, 5.41) is 0. The smallest absolute Gasteiger partial charge is 0.427 e. The molecular formula is C30H37F2N5O8S. The summed E-state index contributed by atoms with van der Waals surface area (Å²) in [5.74, 6) is -3.19. The monoisotopic (exact) mass is 665 g/mol. The van der Waals surface area contributed by atoms with Crippen molar-refractivity contribution in [2.24, 2.45) is 4.99 Å². The Morgan fingerprint density at radius 3 is 2.33 bits per heavy atom. The van der Waals surface area contributed by atoms with E-state index in [1.54, 1.807) is 48.5 Å². The first-order valence-electron chi connectivity index (χ1n) is 14.3. The number of sulfonamides is 1. The Bertz CT molecular complexity index is 1690. The highest BCUT2D eigenvalue weighted by atomic mass is 32.2. The molecule has 3 heterocycles. The maximum atomic E-state index is 15.5. The van der Waals surface area contributed by atoms with Crippen molar-refractivity contribution in [3.8, 4) is 11.6 Å². The zero-order chi connectivity index (χ0) is 34.4. The Kier molecular flexibility index (Phi) is 9.09. The van der Waals surface area contributed by atoms with Crippen LogP contribution < -0.4 is 9.47 Å². The van der Waals surface area contributed by atoms with Gasteiger partial charge in [-0.1, -0.05) is 6.07 Å². The number of imide groups is 1. The molecule has 0 fully saturated rings. The number of hydrogen-bond acceptors (Lipinski definition) is 11. The van der Waals surface area contributed by atoms with E-state index in [4.69, 9.17) is 18.9 Å². The number of guanidine groups is 1. The number of nitrogens with zero attached hydrogens (tertiary/aromatic N) is 5. The number of rotatable bonds is 3. The second-order valence-corrected chi connectivity index (χ2v) is 15.0. The van der Waals surface area contributed by atoms with Crippen molar-refractivity contribution in [3.63, 3.8) is 0 Å². The fraction of sp³-hybridized carbons (Fsp3) is 0.500. The highest BCUT2D eigenvalue weighted by Gasteiger charge is 2.48. The van der Waals surface area contributed by atoms with Gasteiger partial charge in [0.1, 0.15) is 35.3 Å². The predicted octanol–water partition coefficient (Wildman–Crippen LogP) is 5.26. The zero-order valence-corrected chi connectivity index (χ0v) is 27.9. The summed E-state index contributed by atoms with van der Waals surface area (Å²) in [5.41, 5.74) is -4.23. The van der Waals surface area contributed by atoms with E-state index in [0.717, 1.165) is 19.2 Å². The lowest BCUT2D eigenvalue weighted by Crippen LogP contribution is -2.58. The lowest BCUT2D eigenvalue weighted by atomic mass is 9.92. The van der Waals surface area contributed by atoms with E-state index in [2.05, 4.69) is 15.0 Å². The molecule has 0 N–H and O–H groups in total. The number of aliphatic imine (C=N–C) groups is 1. The number of ether oxygens (including phenoxy) is 4. The van der Waals surface area contributed by atoms with Crippen molar-refractivity contribution < 1.29 is 45.7 Å². The fourth-order valence-corrected chi connectivity index (χ4v) is 5.93. The van der Waals surface area contributed by atoms with Gasteiger partial charge in [-0.15, -0.1) is 4.90 Å². The molecule has 16 heteroatoms. The van der Waals surface area contributed by atoms with Crippen molar-refractivity contribution in [2.75, 3.05) is 19.4 Å². The third-order valence-electron chi connectivity index (χ3n) is 6.44. The number of carbonyl (C=O) groups is 2. The van der Waals surface area contributed by atoms with Crippen LogP contribution in [-0.2, 0) is 25.0 Å². The van der Waals surface area contributed by atoms with Crippen LogP contribution in [0, 0.1) is 5.82 Å². The molecule has 0 unspecified atom stereocenters. The standard InChI is InChI=1S/C30H37F2N5O8S/c1-17-15-42-24-22(43-17)14-33-23(34-24)21(32)13-18-10-11-20(31)19(12-18)30(8)16-46(40,41)36(9)25(35-30)37(26(38)44-28(2,3)4)27(39)45-29(5,6)7/h10-14,17H,15-16H2,1-9H3/b21-13-/t17-,30+/m1/s1. The number of halogens is 2. The normalized spacial score (nSPS) is 21.3. The van der Waals surface area contributed by atoms with Crippen LogP contribution in [0.2, 0.25) is 0 Å². The molecule has 1 aromatic carbocycles. The molecule has 2 aromatic rings. The first-order chi connectivity index (χ1) is 21.1. The molecule has 46 heavy (non-hydrogen) atoms. The van der Waals surface area contributed by atoms with Gasteiger partial charge < -0.3 is 18.9 Å². The van der Waals surface area contributed by atoms with Gasteiger partial charge in [0.2, 0.25) is 16.0 Å². The predicted molar refractivity (Wildman–Crippen MR) is 164 cm³/mol. The molecule has 2 aliphatic heterocycles. The van der Waals surface area contributed by atoms with Gasteiger partial charge in [0, 0.05) is 12.6 Å². The summed E-state index contributed by atoms with van der Waals surface area (Å²) < 4.78 is 80.2. The van der Waals surface area contributed by atoms with Crippen molar-refractivity contribution >= 4 is 40.1 Å². The van der Waals surface area contributed by atoms with Gasteiger partial charge in [0.05, 0.1) is 11.9 Å². The van der Waals surface area contributed by atoms with E-state index in [1.807, 2.05) is 0 Å². The summed E-state index contributed by atoms with van der Waals surface area (Å²) in [6.45, 7) is 12.6. The lowest BCUT2D eigenvalue weighted by Gasteiger charge is -2.39. The minimum Gasteiger partial charge on any atom is -0.480 e.